The van der Waals surface area contributed by atoms with E-state index in [-0.39, 0.29) is 11.7 Å². The Bertz CT molecular complexity index is 1210. The van der Waals surface area contributed by atoms with Gasteiger partial charge in [-0.2, -0.15) is 0 Å². The molecule has 1 unspecified atom stereocenters. The van der Waals surface area contributed by atoms with Crippen LogP contribution in [0.1, 0.15) is 63.0 Å². The fourth-order valence-corrected chi connectivity index (χ4v) is 5.72. The van der Waals surface area contributed by atoms with Crippen LogP contribution in [0.25, 0.3) is 5.65 Å². The van der Waals surface area contributed by atoms with Gasteiger partial charge in [-0.25, -0.2) is 9.37 Å². The Morgan fingerprint density at radius 2 is 1.86 bits per heavy atom. The van der Waals surface area contributed by atoms with Crippen LogP contribution < -0.4 is 0 Å². The predicted molar refractivity (Wildman–Crippen MR) is 136 cm³/mol. The number of piperidine rings is 1. The van der Waals surface area contributed by atoms with E-state index in [1.165, 1.54) is 17.7 Å². The number of fused-ring (bicyclic) bond motifs is 1. The third kappa shape index (κ3) is 4.61. The van der Waals surface area contributed by atoms with Gasteiger partial charge in [0.1, 0.15) is 17.3 Å². The topological polar surface area (TPSA) is 53.2 Å². The van der Waals surface area contributed by atoms with Crippen molar-refractivity contribution in [3.8, 4) is 0 Å². The number of carbonyl (C=O) groups excluding carboxylic acids is 1. The van der Waals surface area contributed by atoms with Crippen molar-refractivity contribution in [2.45, 2.75) is 57.4 Å². The zero-order valence-corrected chi connectivity index (χ0v) is 20.7. The molecule has 5 rings (SSSR count). The van der Waals surface area contributed by atoms with Crippen molar-refractivity contribution in [1.82, 2.24) is 19.2 Å². The average Bonchev–Trinajstić information content (AvgIpc) is 3.43. The number of rotatable bonds is 8. The molecule has 7 heteroatoms. The number of aromatic nitrogens is 2. The lowest BCUT2D eigenvalue weighted by Crippen LogP contribution is -2.42. The lowest BCUT2D eigenvalue weighted by Gasteiger charge is -2.32. The van der Waals surface area contributed by atoms with Crippen molar-refractivity contribution < 1.29 is 9.18 Å². The number of benzene rings is 1. The molecular weight excluding hydrogens is 441 g/mol. The fraction of sp³-hybridized carbons (Fsp3) is 0.464. The van der Waals surface area contributed by atoms with Gasteiger partial charge in [0, 0.05) is 25.1 Å². The number of amides is 1. The molecule has 1 atom stereocenters. The van der Waals surface area contributed by atoms with Crippen molar-refractivity contribution >= 4 is 17.4 Å². The molecule has 4 heterocycles. The summed E-state index contributed by atoms with van der Waals surface area (Å²) in [7, 11) is 0. The molecule has 0 saturated carbocycles. The summed E-state index contributed by atoms with van der Waals surface area (Å²) in [5.41, 5.74) is 2.24. The Morgan fingerprint density at radius 1 is 1.09 bits per heavy atom. The Labute approximate surface area is 206 Å². The normalized spacial score (nSPS) is 21.7. The number of hydrogen-bond acceptors (Lipinski definition) is 4. The monoisotopic (exact) mass is 475 g/mol. The van der Waals surface area contributed by atoms with E-state index < -0.39 is 5.54 Å². The maximum absolute atomic E-state index is 13.6. The van der Waals surface area contributed by atoms with Crippen LogP contribution in [0.15, 0.2) is 60.0 Å². The van der Waals surface area contributed by atoms with Crippen LogP contribution >= 0.6 is 0 Å². The summed E-state index contributed by atoms with van der Waals surface area (Å²) in [6.07, 6.45) is 10.7. The zero-order chi connectivity index (χ0) is 24.4. The van der Waals surface area contributed by atoms with Crippen LogP contribution in [-0.2, 0) is 10.3 Å². The summed E-state index contributed by atoms with van der Waals surface area (Å²) in [5.74, 6) is 1.07. The van der Waals surface area contributed by atoms with Crippen LogP contribution in [-0.4, -0.2) is 57.1 Å². The van der Waals surface area contributed by atoms with E-state index in [9.17, 15) is 9.18 Å². The molecule has 35 heavy (non-hydrogen) atoms. The number of imidazole rings is 1. The van der Waals surface area contributed by atoms with Gasteiger partial charge in [0.15, 0.2) is 5.54 Å². The van der Waals surface area contributed by atoms with Crippen molar-refractivity contribution in [3.05, 3.63) is 71.9 Å². The highest BCUT2D eigenvalue weighted by atomic mass is 19.1. The second kappa shape index (κ2) is 9.90. The van der Waals surface area contributed by atoms with E-state index in [0.717, 1.165) is 62.4 Å². The maximum atomic E-state index is 13.6. The Balaban J connectivity index is 1.16. The number of likely N-dealkylation sites (tertiary alicyclic amines) is 1. The molecule has 1 aromatic carbocycles. The van der Waals surface area contributed by atoms with E-state index in [1.807, 2.05) is 24.2 Å². The summed E-state index contributed by atoms with van der Waals surface area (Å²) < 4.78 is 15.6. The molecule has 184 valence electrons. The van der Waals surface area contributed by atoms with Gasteiger partial charge in [-0.05, 0) is 87.5 Å². The molecule has 0 spiro atoms. The number of aliphatic imine (C=N–C) groups is 1. The first kappa shape index (κ1) is 23.7. The first-order chi connectivity index (χ1) is 17.0. The summed E-state index contributed by atoms with van der Waals surface area (Å²) in [6.45, 7) is 7.76. The van der Waals surface area contributed by atoms with Crippen LogP contribution in [0.3, 0.4) is 0 Å². The van der Waals surface area contributed by atoms with Gasteiger partial charge in [-0.3, -0.25) is 14.7 Å². The molecule has 2 aliphatic rings. The maximum Gasteiger partial charge on any atom is 0.260 e. The van der Waals surface area contributed by atoms with Crippen molar-refractivity contribution in [2.75, 3.05) is 26.2 Å². The third-order valence-corrected chi connectivity index (χ3v) is 7.60. The molecular formula is C28H34FN5O. The standard InChI is InChI=1S/C28H34FN5O/c1-3-13-28(24-6-8-25(29)9-7-24)27(35)34(21(2)31-28)16-4-15-32-17-11-22(12-18-32)23-5-10-26-30-14-19-33(26)20-23/h5-10,14,19-20,22H,3-4,11-13,15-18H2,1-2H3. The SMILES string of the molecule is CCCC1(c2ccc(F)cc2)N=C(C)N(CCCN2CCC(c3ccc4nccn4c3)CC2)C1=O. The highest BCUT2D eigenvalue weighted by Crippen LogP contribution is 2.38. The quantitative estimate of drug-likeness (QED) is 0.461. The molecule has 0 N–H and O–H groups in total. The molecule has 0 bridgehead atoms. The van der Waals surface area contributed by atoms with Crippen LogP contribution in [0, 0.1) is 5.82 Å². The van der Waals surface area contributed by atoms with Gasteiger partial charge in [0.2, 0.25) is 0 Å². The van der Waals surface area contributed by atoms with Gasteiger partial charge in [-0.1, -0.05) is 31.5 Å². The zero-order valence-electron chi connectivity index (χ0n) is 20.7. The van der Waals surface area contributed by atoms with Gasteiger partial charge >= 0.3 is 0 Å². The first-order valence-corrected chi connectivity index (χ1v) is 12.8. The largest absolute Gasteiger partial charge is 0.307 e. The third-order valence-electron chi connectivity index (χ3n) is 7.60. The molecule has 0 aliphatic carbocycles. The smallest absolute Gasteiger partial charge is 0.260 e. The predicted octanol–water partition coefficient (Wildman–Crippen LogP) is 5.00. The molecule has 6 nitrogen and oxygen atoms in total. The number of pyridine rings is 1. The molecule has 3 aromatic rings. The fourth-order valence-electron chi connectivity index (χ4n) is 5.72. The lowest BCUT2D eigenvalue weighted by molar-refractivity contribution is -0.131. The molecule has 0 radical (unpaired) electrons. The summed E-state index contributed by atoms with van der Waals surface area (Å²) >= 11 is 0. The van der Waals surface area contributed by atoms with E-state index in [1.54, 1.807) is 12.1 Å². The molecule has 1 saturated heterocycles. The van der Waals surface area contributed by atoms with Gasteiger partial charge in [-0.15, -0.1) is 0 Å². The molecule has 1 amide bonds. The van der Waals surface area contributed by atoms with Gasteiger partial charge in [0.05, 0.1) is 0 Å². The summed E-state index contributed by atoms with van der Waals surface area (Å²) in [4.78, 5) is 27.1. The second-order valence-electron chi connectivity index (χ2n) is 9.86. The highest BCUT2D eigenvalue weighted by Gasteiger charge is 2.47. The summed E-state index contributed by atoms with van der Waals surface area (Å²) in [5, 5.41) is 0. The average molecular weight is 476 g/mol. The van der Waals surface area contributed by atoms with E-state index in [4.69, 9.17) is 4.99 Å². The van der Waals surface area contributed by atoms with Crippen LogP contribution in [0.5, 0.6) is 0 Å². The number of amidine groups is 1. The van der Waals surface area contributed by atoms with E-state index in [2.05, 4.69) is 39.5 Å². The minimum Gasteiger partial charge on any atom is -0.307 e. The van der Waals surface area contributed by atoms with Crippen molar-refractivity contribution in [1.29, 1.82) is 0 Å². The number of halogens is 1. The van der Waals surface area contributed by atoms with E-state index in [0.29, 0.717) is 18.9 Å². The van der Waals surface area contributed by atoms with Crippen LogP contribution in [0.4, 0.5) is 4.39 Å². The highest BCUT2D eigenvalue weighted by molar-refractivity contribution is 6.07. The van der Waals surface area contributed by atoms with E-state index >= 15 is 0 Å². The minimum absolute atomic E-state index is 0.0251. The van der Waals surface area contributed by atoms with Gasteiger partial charge in [0.25, 0.3) is 5.91 Å². The molecule has 2 aromatic heterocycles. The van der Waals surface area contributed by atoms with Crippen LogP contribution in [0.2, 0.25) is 0 Å². The minimum atomic E-state index is -0.915. The second-order valence-corrected chi connectivity index (χ2v) is 9.86. The van der Waals surface area contributed by atoms with Crippen molar-refractivity contribution in [2.24, 2.45) is 4.99 Å². The number of hydrogen-bond donors (Lipinski definition) is 0. The van der Waals surface area contributed by atoms with Crippen molar-refractivity contribution in [3.63, 3.8) is 0 Å². The number of nitrogens with zero attached hydrogens (tertiary/aromatic N) is 5. The lowest BCUT2D eigenvalue weighted by atomic mass is 9.85. The molecule has 1 fully saturated rings. The number of carbonyl (C=O) groups is 1. The molecule has 2 aliphatic heterocycles. The Hall–Kier alpha value is -3.06. The Morgan fingerprint density at radius 3 is 2.60 bits per heavy atom. The van der Waals surface area contributed by atoms with Gasteiger partial charge < -0.3 is 9.30 Å². The Kier molecular flexibility index (Phi) is 6.69. The summed E-state index contributed by atoms with van der Waals surface area (Å²) in [6, 6.07) is 10.6. The first-order valence-electron chi connectivity index (χ1n) is 12.8.